The summed E-state index contributed by atoms with van der Waals surface area (Å²) in [5.41, 5.74) is 0.958. The number of ether oxygens (including phenoxy) is 1. The molecule has 1 aromatic heterocycles. The van der Waals surface area contributed by atoms with E-state index in [9.17, 15) is 9.59 Å². The van der Waals surface area contributed by atoms with Crippen LogP contribution in [0.3, 0.4) is 0 Å². The van der Waals surface area contributed by atoms with Crippen LogP contribution in [0.15, 0.2) is 23.0 Å². The number of esters is 1. The minimum Gasteiger partial charge on any atom is -0.421 e. The summed E-state index contributed by atoms with van der Waals surface area (Å²) in [6.45, 7) is 5.10. The van der Waals surface area contributed by atoms with Gasteiger partial charge in [-0.15, -0.1) is 0 Å². The summed E-state index contributed by atoms with van der Waals surface area (Å²) in [4.78, 5) is 26.7. The minimum atomic E-state index is -0.520. The van der Waals surface area contributed by atoms with Crippen molar-refractivity contribution in [2.24, 2.45) is 0 Å². The standard InChI is InChI=1S/C14H14ClNO3/c1-7(2)12-14(19-8(3)17)13(18)10-6-9(15)4-5-11(10)16-12/h4-7H,1-3H3,(H,16,18). The molecule has 0 atom stereocenters. The van der Waals surface area contributed by atoms with Crippen molar-refractivity contribution in [1.29, 1.82) is 0 Å². The maximum absolute atomic E-state index is 12.4. The maximum atomic E-state index is 12.4. The summed E-state index contributed by atoms with van der Waals surface area (Å²) in [5, 5.41) is 0.872. The van der Waals surface area contributed by atoms with Crippen molar-refractivity contribution in [3.05, 3.63) is 39.1 Å². The van der Waals surface area contributed by atoms with E-state index in [2.05, 4.69) is 4.98 Å². The fourth-order valence-corrected chi connectivity index (χ4v) is 2.08. The summed E-state index contributed by atoms with van der Waals surface area (Å²) in [7, 11) is 0. The molecule has 0 unspecified atom stereocenters. The van der Waals surface area contributed by atoms with Crippen LogP contribution in [0.2, 0.25) is 5.02 Å². The number of aromatic nitrogens is 1. The Hall–Kier alpha value is -1.81. The molecule has 0 spiro atoms. The second-order valence-corrected chi connectivity index (χ2v) is 5.07. The van der Waals surface area contributed by atoms with Crippen molar-refractivity contribution in [3.63, 3.8) is 0 Å². The number of carbonyl (C=O) groups excluding carboxylic acids is 1. The van der Waals surface area contributed by atoms with Crippen LogP contribution in [0.5, 0.6) is 5.75 Å². The maximum Gasteiger partial charge on any atom is 0.308 e. The van der Waals surface area contributed by atoms with Crippen LogP contribution in [0.4, 0.5) is 0 Å². The molecule has 5 heteroatoms. The molecule has 19 heavy (non-hydrogen) atoms. The molecular weight excluding hydrogens is 266 g/mol. The van der Waals surface area contributed by atoms with Gasteiger partial charge < -0.3 is 9.72 Å². The van der Waals surface area contributed by atoms with Gasteiger partial charge in [-0.2, -0.15) is 0 Å². The van der Waals surface area contributed by atoms with Crippen LogP contribution >= 0.6 is 11.6 Å². The number of carbonyl (C=O) groups is 1. The number of hydrogen-bond donors (Lipinski definition) is 1. The van der Waals surface area contributed by atoms with Gasteiger partial charge in [-0.25, -0.2) is 0 Å². The number of pyridine rings is 1. The smallest absolute Gasteiger partial charge is 0.308 e. The molecule has 1 aromatic carbocycles. The lowest BCUT2D eigenvalue weighted by molar-refractivity contribution is -0.132. The van der Waals surface area contributed by atoms with Crippen LogP contribution in [0, 0.1) is 0 Å². The molecule has 4 nitrogen and oxygen atoms in total. The van der Waals surface area contributed by atoms with Crippen LogP contribution in [0.25, 0.3) is 10.9 Å². The summed E-state index contributed by atoms with van der Waals surface area (Å²) in [6.07, 6.45) is 0. The third-order valence-corrected chi connectivity index (χ3v) is 3.00. The van der Waals surface area contributed by atoms with Crippen LogP contribution in [0.1, 0.15) is 32.4 Å². The second kappa shape index (κ2) is 5.05. The molecule has 1 heterocycles. The highest BCUT2D eigenvalue weighted by Crippen LogP contribution is 2.25. The van der Waals surface area contributed by atoms with Gasteiger partial charge >= 0.3 is 5.97 Å². The predicted molar refractivity (Wildman–Crippen MR) is 75.0 cm³/mol. The first-order valence-electron chi connectivity index (χ1n) is 5.94. The molecule has 2 rings (SSSR count). The molecular formula is C14H14ClNO3. The quantitative estimate of drug-likeness (QED) is 0.859. The number of nitrogens with one attached hydrogen (secondary N) is 1. The Morgan fingerprint density at radius 3 is 2.63 bits per heavy atom. The summed E-state index contributed by atoms with van der Waals surface area (Å²) in [5.74, 6) is -0.437. The Kier molecular flexibility index (Phi) is 3.62. The highest BCUT2D eigenvalue weighted by molar-refractivity contribution is 6.31. The van der Waals surface area contributed by atoms with Gasteiger partial charge in [0.2, 0.25) is 5.43 Å². The molecule has 0 radical (unpaired) electrons. The Bertz CT molecular complexity index is 704. The molecule has 0 aliphatic rings. The zero-order valence-corrected chi connectivity index (χ0v) is 11.7. The Balaban J connectivity index is 2.82. The summed E-state index contributed by atoms with van der Waals surface area (Å²) < 4.78 is 5.06. The molecule has 2 aromatic rings. The van der Waals surface area contributed by atoms with Crippen molar-refractivity contribution in [2.75, 3.05) is 0 Å². The first kappa shape index (κ1) is 13.6. The predicted octanol–water partition coefficient (Wildman–Crippen LogP) is 3.23. The number of rotatable bonds is 2. The lowest BCUT2D eigenvalue weighted by Crippen LogP contribution is -2.16. The Morgan fingerprint density at radius 1 is 1.37 bits per heavy atom. The van der Waals surface area contributed by atoms with Crippen molar-refractivity contribution < 1.29 is 9.53 Å². The van der Waals surface area contributed by atoms with Crippen molar-refractivity contribution in [3.8, 4) is 5.75 Å². The minimum absolute atomic E-state index is 0.0297. The van der Waals surface area contributed by atoms with Crippen molar-refractivity contribution >= 4 is 28.5 Å². The average molecular weight is 280 g/mol. The van der Waals surface area contributed by atoms with E-state index in [1.807, 2.05) is 13.8 Å². The second-order valence-electron chi connectivity index (χ2n) is 4.64. The lowest BCUT2D eigenvalue weighted by Gasteiger charge is -2.13. The van der Waals surface area contributed by atoms with Gasteiger partial charge in [0.15, 0.2) is 5.75 Å². The Morgan fingerprint density at radius 2 is 2.05 bits per heavy atom. The van der Waals surface area contributed by atoms with Gasteiger partial charge in [-0.1, -0.05) is 25.4 Å². The van der Waals surface area contributed by atoms with Gasteiger partial charge in [0.1, 0.15) is 0 Å². The van der Waals surface area contributed by atoms with E-state index in [-0.39, 0.29) is 17.1 Å². The zero-order chi connectivity index (χ0) is 14.2. The zero-order valence-electron chi connectivity index (χ0n) is 10.9. The van der Waals surface area contributed by atoms with E-state index in [1.54, 1.807) is 18.2 Å². The van der Waals surface area contributed by atoms with Crippen LogP contribution < -0.4 is 10.2 Å². The molecule has 0 saturated heterocycles. The van der Waals surface area contributed by atoms with E-state index < -0.39 is 5.97 Å². The average Bonchev–Trinajstić information content (AvgIpc) is 2.32. The number of benzene rings is 1. The normalized spacial score (nSPS) is 11.0. The van der Waals surface area contributed by atoms with Gasteiger partial charge in [0.25, 0.3) is 0 Å². The largest absolute Gasteiger partial charge is 0.421 e. The van der Waals surface area contributed by atoms with Gasteiger partial charge in [-0.3, -0.25) is 9.59 Å². The van der Waals surface area contributed by atoms with E-state index in [4.69, 9.17) is 16.3 Å². The highest BCUT2D eigenvalue weighted by Gasteiger charge is 2.17. The van der Waals surface area contributed by atoms with Crippen molar-refractivity contribution in [1.82, 2.24) is 4.98 Å². The fraction of sp³-hybridized carbons (Fsp3) is 0.286. The molecule has 1 N–H and O–H groups in total. The summed E-state index contributed by atoms with van der Waals surface area (Å²) >= 11 is 5.89. The topological polar surface area (TPSA) is 59.2 Å². The van der Waals surface area contributed by atoms with Gasteiger partial charge in [-0.05, 0) is 24.1 Å². The van der Waals surface area contributed by atoms with Crippen LogP contribution in [-0.4, -0.2) is 11.0 Å². The van der Waals surface area contributed by atoms with Crippen LogP contribution in [-0.2, 0) is 4.79 Å². The Labute approximate surface area is 115 Å². The number of H-pyrrole nitrogens is 1. The molecule has 0 amide bonds. The van der Waals surface area contributed by atoms with Gasteiger partial charge in [0.05, 0.1) is 11.1 Å². The summed E-state index contributed by atoms with van der Waals surface area (Å²) in [6, 6.07) is 5.00. The number of aromatic amines is 1. The SMILES string of the molecule is CC(=O)Oc1c(C(C)C)[nH]c2ccc(Cl)cc2c1=O. The monoisotopic (exact) mass is 279 g/mol. The van der Waals surface area contributed by atoms with E-state index in [0.717, 1.165) is 0 Å². The van der Waals surface area contributed by atoms with E-state index in [0.29, 0.717) is 21.6 Å². The van der Waals surface area contributed by atoms with Gasteiger partial charge in [0, 0.05) is 17.5 Å². The molecule has 0 bridgehead atoms. The molecule has 0 fully saturated rings. The lowest BCUT2D eigenvalue weighted by atomic mass is 10.1. The number of hydrogen-bond acceptors (Lipinski definition) is 3. The molecule has 0 aliphatic heterocycles. The first-order valence-corrected chi connectivity index (χ1v) is 6.31. The molecule has 100 valence electrons. The van der Waals surface area contributed by atoms with E-state index in [1.165, 1.54) is 6.92 Å². The fourth-order valence-electron chi connectivity index (χ4n) is 1.91. The third kappa shape index (κ3) is 2.63. The van der Waals surface area contributed by atoms with E-state index >= 15 is 0 Å². The molecule has 0 aliphatic carbocycles. The third-order valence-electron chi connectivity index (χ3n) is 2.77. The first-order chi connectivity index (χ1) is 8.90. The number of fused-ring (bicyclic) bond motifs is 1. The number of halogens is 1. The molecule has 0 saturated carbocycles. The van der Waals surface area contributed by atoms with Crippen molar-refractivity contribution in [2.45, 2.75) is 26.7 Å². The highest BCUT2D eigenvalue weighted by atomic mass is 35.5.